The van der Waals surface area contributed by atoms with Crippen LogP contribution in [0.15, 0.2) is 36.7 Å². The van der Waals surface area contributed by atoms with Gasteiger partial charge in [0.1, 0.15) is 11.9 Å². The lowest BCUT2D eigenvalue weighted by molar-refractivity contribution is -0.126. The smallest absolute Gasteiger partial charge is 0.255 e. The highest BCUT2D eigenvalue weighted by Crippen LogP contribution is 2.33. The van der Waals surface area contributed by atoms with Gasteiger partial charge in [-0.2, -0.15) is 0 Å². The number of aliphatic hydroxyl groups excluding tert-OH is 1. The third-order valence-corrected chi connectivity index (χ3v) is 9.03. The molecule has 2 saturated heterocycles. The predicted molar refractivity (Wildman–Crippen MR) is 170 cm³/mol. The molecule has 6 rings (SSSR count). The average Bonchev–Trinajstić information content (AvgIpc) is 3.40. The van der Waals surface area contributed by atoms with Crippen LogP contribution in [-0.4, -0.2) is 95.0 Å². The van der Waals surface area contributed by atoms with Gasteiger partial charge >= 0.3 is 0 Å². The van der Waals surface area contributed by atoms with E-state index in [1.165, 1.54) is 11.1 Å². The van der Waals surface area contributed by atoms with Crippen LogP contribution in [0.3, 0.4) is 0 Å². The molecule has 2 amide bonds. The second kappa shape index (κ2) is 13.8. The lowest BCUT2D eigenvalue weighted by atomic mass is 10.0. The van der Waals surface area contributed by atoms with Gasteiger partial charge < -0.3 is 35.0 Å². The zero-order chi connectivity index (χ0) is 31.5. The SMILES string of the molecule is CC(C(=O)NC(CO)c1cc(N2CCOCC2)ncc1Cl)N1Cc2ccc(-c3nc(NC4CCOCC4)ncc3Cl)cc2C1=O. The van der Waals surface area contributed by atoms with Crippen LogP contribution in [0.5, 0.6) is 0 Å². The van der Waals surface area contributed by atoms with E-state index in [-0.39, 0.29) is 25.1 Å². The fraction of sp³-hybridized carbons (Fsp3) is 0.452. The van der Waals surface area contributed by atoms with Gasteiger partial charge in [-0.1, -0.05) is 35.3 Å². The summed E-state index contributed by atoms with van der Waals surface area (Å²) in [6.07, 6.45) is 4.79. The first-order chi connectivity index (χ1) is 21.8. The number of nitrogens with one attached hydrogen (secondary N) is 2. The topological polar surface area (TPSA) is 142 Å². The Morgan fingerprint density at radius 2 is 1.80 bits per heavy atom. The number of anilines is 2. The zero-order valence-corrected chi connectivity index (χ0v) is 26.4. The van der Waals surface area contributed by atoms with Gasteiger partial charge in [-0.05, 0) is 37.5 Å². The third-order valence-electron chi connectivity index (χ3n) is 8.44. The number of carbonyl (C=O) groups excluding carboxylic acids is 2. The molecule has 45 heavy (non-hydrogen) atoms. The predicted octanol–water partition coefficient (Wildman–Crippen LogP) is 3.47. The number of halogens is 2. The Hall–Kier alpha value is -3.55. The molecule has 12 nitrogen and oxygen atoms in total. The molecule has 0 saturated carbocycles. The maximum absolute atomic E-state index is 13.6. The summed E-state index contributed by atoms with van der Waals surface area (Å²) >= 11 is 13.0. The van der Waals surface area contributed by atoms with E-state index in [9.17, 15) is 14.7 Å². The Bertz CT molecular complexity index is 1570. The maximum Gasteiger partial charge on any atom is 0.255 e. The zero-order valence-electron chi connectivity index (χ0n) is 24.8. The number of carbonyl (C=O) groups is 2. The van der Waals surface area contributed by atoms with Gasteiger partial charge in [-0.15, -0.1) is 0 Å². The summed E-state index contributed by atoms with van der Waals surface area (Å²) in [4.78, 5) is 44.0. The summed E-state index contributed by atoms with van der Waals surface area (Å²) in [6, 6.07) is 5.87. The Morgan fingerprint density at radius 3 is 2.56 bits per heavy atom. The summed E-state index contributed by atoms with van der Waals surface area (Å²) < 4.78 is 10.9. The van der Waals surface area contributed by atoms with Crippen molar-refractivity contribution in [2.45, 2.75) is 44.4 Å². The number of amides is 2. The third kappa shape index (κ3) is 6.85. The summed E-state index contributed by atoms with van der Waals surface area (Å²) in [5, 5.41) is 17.1. The van der Waals surface area contributed by atoms with Crippen LogP contribution in [0.2, 0.25) is 10.0 Å². The number of pyridine rings is 1. The van der Waals surface area contributed by atoms with E-state index in [0.29, 0.717) is 83.7 Å². The van der Waals surface area contributed by atoms with Crippen molar-refractivity contribution in [3.63, 3.8) is 0 Å². The number of hydrogen-bond donors (Lipinski definition) is 3. The molecule has 2 unspecified atom stereocenters. The highest BCUT2D eigenvalue weighted by Gasteiger charge is 2.35. The molecule has 0 radical (unpaired) electrons. The fourth-order valence-electron chi connectivity index (χ4n) is 5.78. The highest BCUT2D eigenvalue weighted by molar-refractivity contribution is 6.33. The summed E-state index contributed by atoms with van der Waals surface area (Å²) in [5.74, 6) is 0.454. The number of nitrogens with zero attached hydrogens (tertiary/aromatic N) is 5. The molecule has 1 aromatic carbocycles. The first kappa shape index (κ1) is 31.4. The molecular weight excluding hydrogens is 621 g/mol. The van der Waals surface area contributed by atoms with Gasteiger partial charge in [0.15, 0.2) is 0 Å². The van der Waals surface area contributed by atoms with Crippen molar-refractivity contribution in [1.82, 2.24) is 25.2 Å². The minimum absolute atomic E-state index is 0.211. The van der Waals surface area contributed by atoms with E-state index >= 15 is 0 Å². The van der Waals surface area contributed by atoms with Crippen LogP contribution < -0.4 is 15.5 Å². The first-order valence-corrected chi connectivity index (χ1v) is 15.8. The lowest BCUT2D eigenvalue weighted by Crippen LogP contribution is -2.46. The second-order valence-electron chi connectivity index (χ2n) is 11.3. The van der Waals surface area contributed by atoms with Gasteiger partial charge in [0.05, 0.1) is 47.8 Å². The van der Waals surface area contributed by atoms with E-state index in [1.807, 2.05) is 12.1 Å². The Morgan fingerprint density at radius 1 is 1.07 bits per heavy atom. The van der Waals surface area contributed by atoms with Crippen molar-refractivity contribution in [2.75, 3.05) is 56.3 Å². The molecule has 14 heteroatoms. The molecule has 3 aliphatic rings. The second-order valence-corrected chi connectivity index (χ2v) is 12.1. The molecule has 0 aliphatic carbocycles. The molecule has 2 fully saturated rings. The van der Waals surface area contributed by atoms with Gasteiger partial charge in [0.25, 0.3) is 5.91 Å². The van der Waals surface area contributed by atoms with Gasteiger partial charge in [0, 0.05) is 61.8 Å². The van der Waals surface area contributed by atoms with Crippen molar-refractivity contribution < 1.29 is 24.2 Å². The number of ether oxygens (including phenoxy) is 2. The minimum Gasteiger partial charge on any atom is -0.394 e. The van der Waals surface area contributed by atoms with Crippen LogP contribution in [0.1, 0.15) is 47.3 Å². The van der Waals surface area contributed by atoms with E-state index in [1.54, 1.807) is 25.3 Å². The van der Waals surface area contributed by atoms with Crippen LogP contribution in [0, 0.1) is 0 Å². The summed E-state index contributed by atoms with van der Waals surface area (Å²) in [7, 11) is 0. The van der Waals surface area contributed by atoms with Crippen LogP contribution in [0.25, 0.3) is 11.3 Å². The summed E-state index contributed by atoms with van der Waals surface area (Å²) in [5.41, 5.74) is 3.00. The molecule has 3 N–H and O–H groups in total. The largest absolute Gasteiger partial charge is 0.394 e. The monoisotopic (exact) mass is 655 g/mol. The maximum atomic E-state index is 13.6. The Balaban J connectivity index is 1.15. The van der Waals surface area contributed by atoms with Gasteiger partial charge in [-0.3, -0.25) is 9.59 Å². The number of morpholine rings is 1. The average molecular weight is 657 g/mol. The van der Waals surface area contributed by atoms with Crippen molar-refractivity contribution >= 4 is 46.8 Å². The number of aliphatic hydroxyl groups is 1. The van der Waals surface area contributed by atoms with Crippen molar-refractivity contribution in [2.24, 2.45) is 0 Å². The molecule has 238 valence electrons. The number of aromatic nitrogens is 3. The van der Waals surface area contributed by atoms with Crippen LogP contribution in [0.4, 0.5) is 11.8 Å². The van der Waals surface area contributed by atoms with Crippen molar-refractivity contribution in [3.8, 4) is 11.3 Å². The molecule has 5 heterocycles. The number of fused-ring (bicyclic) bond motifs is 1. The number of hydrogen-bond acceptors (Lipinski definition) is 10. The van der Waals surface area contributed by atoms with E-state index in [2.05, 4.69) is 30.5 Å². The van der Waals surface area contributed by atoms with Crippen LogP contribution in [-0.2, 0) is 20.8 Å². The molecular formula is C31H35Cl2N7O5. The molecule has 0 bridgehead atoms. The Labute approximate surface area is 271 Å². The minimum atomic E-state index is -0.820. The molecule has 2 aromatic heterocycles. The van der Waals surface area contributed by atoms with Crippen molar-refractivity contribution in [1.29, 1.82) is 0 Å². The molecule has 2 atom stereocenters. The number of benzene rings is 1. The molecule has 3 aromatic rings. The fourth-order valence-corrected chi connectivity index (χ4v) is 6.21. The molecule has 3 aliphatic heterocycles. The van der Waals surface area contributed by atoms with E-state index in [4.69, 9.17) is 32.7 Å². The van der Waals surface area contributed by atoms with E-state index in [0.717, 1.165) is 18.4 Å². The Kier molecular flexibility index (Phi) is 9.67. The van der Waals surface area contributed by atoms with E-state index < -0.39 is 18.0 Å². The standard InChI is InChI=1S/C31H35Cl2N7O5/c1-18(29(42)37-26(17-41)23-13-27(34-14-24(23)32)39-6-10-45-11-7-39)40-16-20-3-2-19(12-22(20)30(40)43)28-25(33)15-35-31(38-28)36-21-4-8-44-9-5-21/h2-3,12-15,18,21,26,41H,4-11,16-17H2,1H3,(H,37,42)(H,35,36,38). The number of rotatable bonds is 9. The first-order valence-electron chi connectivity index (χ1n) is 15.0. The van der Waals surface area contributed by atoms with Crippen LogP contribution >= 0.6 is 23.2 Å². The molecule has 0 spiro atoms. The highest BCUT2D eigenvalue weighted by atomic mass is 35.5. The lowest BCUT2D eigenvalue weighted by Gasteiger charge is -2.29. The normalized spacial score (nSPS) is 18.4. The van der Waals surface area contributed by atoms with Crippen molar-refractivity contribution in [3.05, 3.63) is 63.4 Å². The van der Waals surface area contributed by atoms with Gasteiger partial charge in [-0.25, -0.2) is 15.0 Å². The summed E-state index contributed by atoms with van der Waals surface area (Å²) in [6.45, 7) is 5.45. The quantitative estimate of drug-likeness (QED) is 0.314. The van der Waals surface area contributed by atoms with Gasteiger partial charge in [0.2, 0.25) is 11.9 Å².